The molecule has 1 heterocycles. The van der Waals surface area contributed by atoms with Gasteiger partial charge in [-0.15, -0.1) is 0 Å². The second-order valence-corrected chi connectivity index (χ2v) is 4.45. The van der Waals surface area contributed by atoms with Crippen LogP contribution in [0, 0.1) is 18.6 Å². The van der Waals surface area contributed by atoms with Crippen molar-refractivity contribution in [2.45, 2.75) is 26.8 Å². The van der Waals surface area contributed by atoms with E-state index in [1.54, 1.807) is 12.1 Å². The molecular formula is C15H16F2N2O. The van der Waals surface area contributed by atoms with Gasteiger partial charge in [0.1, 0.15) is 5.75 Å². The number of hydrogen-bond donors (Lipinski definition) is 1. The van der Waals surface area contributed by atoms with Crippen molar-refractivity contribution < 1.29 is 13.5 Å². The number of nitrogens with two attached hydrogens (primary N) is 1. The first-order valence-corrected chi connectivity index (χ1v) is 6.37. The number of aryl methyl sites for hydroxylation is 2. The summed E-state index contributed by atoms with van der Waals surface area (Å²) in [4.78, 5) is 4.29. The maximum atomic E-state index is 13.9. The molecule has 0 unspecified atom stereocenters. The number of rotatable bonds is 4. The Morgan fingerprint density at radius 3 is 2.40 bits per heavy atom. The fourth-order valence-corrected chi connectivity index (χ4v) is 1.88. The van der Waals surface area contributed by atoms with Gasteiger partial charge in [0.2, 0.25) is 0 Å². The molecule has 1 aromatic heterocycles. The fraction of sp³-hybridized carbons (Fsp3) is 0.267. The molecule has 0 bridgehead atoms. The molecule has 106 valence electrons. The molecule has 0 spiro atoms. The number of pyridine rings is 1. The van der Waals surface area contributed by atoms with Crippen LogP contribution in [0.1, 0.15) is 23.9 Å². The summed E-state index contributed by atoms with van der Waals surface area (Å²) in [6, 6.07) is 5.74. The monoisotopic (exact) mass is 278 g/mol. The Morgan fingerprint density at radius 1 is 1.20 bits per heavy atom. The van der Waals surface area contributed by atoms with E-state index < -0.39 is 17.4 Å². The number of benzene rings is 1. The molecule has 0 aliphatic rings. The highest BCUT2D eigenvalue weighted by Crippen LogP contribution is 2.30. The van der Waals surface area contributed by atoms with E-state index in [1.807, 2.05) is 13.8 Å². The van der Waals surface area contributed by atoms with E-state index in [0.29, 0.717) is 23.4 Å². The van der Waals surface area contributed by atoms with Crippen molar-refractivity contribution in [3.63, 3.8) is 0 Å². The Balaban J connectivity index is 2.40. The van der Waals surface area contributed by atoms with Crippen LogP contribution in [0.5, 0.6) is 11.5 Å². The molecule has 0 amide bonds. The first kappa shape index (κ1) is 14.4. The number of ether oxygens (including phenoxy) is 1. The van der Waals surface area contributed by atoms with Crippen LogP contribution in [0.25, 0.3) is 0 Å². The predicted molar refractivity (Wildman–Crippen MR) is 72.7 cm³/mol. The Morgan fingerprint density at radius 2 is 1.85 bits per heavy atom. The molecular weight excluding hydrogens is 262 g/mol. The smallest absolute Gasteiger partial charge is 0.198 e. The van der Waals surface area contributed by atoms with Gasteiger partial charge in [0, 0.05) is 12.2 Å². The molecule has 20 heavy (non-hydrogen) atoms. The second-order valence-electron chi connectivity index (χ2n) is 4.45. The van der Waals surface area contributed by atoms with Gasteiger partial charge in [-0.05, 0) is 43.2 Å². The van der Waals surface area contributed by atoms with Crippen molar-refractivity contribution in [1.29, 1.82) is 0 Å². The van der Waals surface area contributed by atoms with Crippen LogP contribution in [0.3, 0.4) is 0 Å². The lowest BCUT2D eigenvalue weighted by Crippen LogP contribution is -2.02. The molecule has 0 saturated carbocycles. The zero-order valence-corrected chi connectivity index (χ0v) is 11.4. The summed E-state index contributed by atoms with van der Waals surface area (Å²) in [6.45, 7) is 3.82. The van der Waals surface area contributed by atoms with Gasteiger partial charge >= 0.3 is 0 Å². The Labute approximate surface area is 116 Å². The molecule has 3 nitrogen and oxygen atoms in total. The molecule has 2 N–H and O–H groups in total. The first-order chi connectivity index (χ1) is 9.55. The summed E-state index contributed by atoms with van der Waals surface area (Å²) >= 11 is 0. The third-order valence-electron chi connectivity index (χ3n) is 2.91. The van der Waals surface area contributed by atoms with Crippen LogP contribution in [0.4, 0.5) is 8.78 Å². The van der Waals surface area contributed by atoms with Crippen LogP contribution < -0.4 is 10.5 Å². The third-order valence-corrected chi connectivity index (χ3v) is 2.91. The minimum absolute atomic E-state index is 0.0699. The van der Waals surface area contributed by atoms with Crippen LogP contribution in [-0.2, 0) is 13.0 Å². The van der Waals surface area contributed by atoms with Gasteiger partial charge in [-0.1, -0.05) is 6.92 Å². The van der Waals surface area contributed by atoms with Crippen LogP contribution >= 0.6 is 0 Å². The normalized spacial score (nSPS) is 10.7. The van der Waals surface area contributed by atoms with Crippen LogP contribution in [0.2, 0.25) is 0 Å². The molecule has 0 saturated heterocycles. The predicted octanol–water partition coefficient (Wildman–Crippen LogP) is 3.48. The van der Waals surface area contributed by atoms with Gasteiger partial charge in [-0.25, -0.2) is 8.78 Å². The Bertz CT molecular complexity index is 606. The molecule has 5 heteroatoms. The maximum absolute atomic E-state index is 13.9. The van der Waals surface area contributed by atoms with Crippen molar-refractivity contribution in [1.82, 2.24) is 4.98 Å². The van der Waals surface area contributed by atoms with Gasteiger partial charge in [0.05, 0.1) is 5.69 Å². The van der Waals surface area contributed by atoms with Crippen molar-refractivity contribution in [3.05, 3.63) is 52.9 Å². The standard InChI is InChI=1S/C15H16F2N2O/c1-3-13-14(5-4-9(2)19-13)20-15-11(16)6-10(8-18)7-12(15)17/h4-7H,3,8,18H2,1-2H3. The highest BCUT2D eigenvalue weighted by atomic mass is 19.1. The molecule has 1 aromatic carbocycles. The summed E-state index contributed by atoms with van der Waals surface area (Å²) in [5.74, 6) is -1.61. The SMILES string of the molecule is CCc1nc(C)ccc1Oc1c(F)cc(CN)cc1F. The van der Waals surface area contributed by atoms with Gasteiger partial charge in [0.25, 0.3) is 0 Å². The minimum atomic E-state index is -0.770. The summed E-state index contributed by atoms with van der Waals surface area (Å²) in [5.41, 5.74) is 7.23. The van der Waals surface area contributed by atoms with Gasteiger partial charge in [0.15, 0.2) is 17.4 Å². The van der Waals surface area contributed by atoms with E-state index in [-0.39, 0.29) is 6.54 Å². The zero-order chi connectivity index (χ0) is 14.7. The second kappa shape index (κ2) is 5.96. The maximum Gasteiger partial charge on any atom is 0.198 e. The third kappa shape index (κ3) is 2.93. The van der Waals surface area contributed by atoms with Crippen molar-refractivity contribution in [3.8, 4) is 11.5 Å². The lowest BCUT2D eigenvalue weighted by molar-refractivity contribution is 0.401. The average Bonchev–Trinajstić information content (AvgIpc) is 2.43. The summed E-state index contributed by atoms with van der Waals surface area (Å²) in [7, 11) is 0. The molecule has 0 aliphatic carbocycles. The van der Waals surface area contributed by atoms with E-state index in [0.717, 1.165) is 5.69 Å². The number of hydrogen-bond acceptors (Lipinski definition) is 3. The largest absolute Gasteiger partial charge is 0.449 e. The number of aromatic nitrogens is 1. The van der Waals surface area contributed by atoms with E-state index >= 15 is 0 Å². The van der Waals surface area contributed by atoms with Crippen LogP contribution in [0.15, 0.2) is 24.3 Å². The highest BCUT2D eigenvalue weighted by Gasteiger charge is 2.15. The molecule has 0 radical (unpaired) electrons. The zero-order valence-electron chi connectivity index (χ0n) is 11.4. The molecule has 0 fully saturated rings. The molecule has 2 aromatic rings. The quantitative estimate of drug-likeness (QED) is 0.931. The molecule has 0 atom stereocenters. The highest BCUT2D eigenvalue weighted by molar-refractivity contribution is 5.38. The Hall–Kier alpha value is -2.01. The lowest BCUT2D eigenvalue weighted by Gasteiger charge is -2.12. The van der Waals surface area contributed by atoms with Gasteiger partial charge < -0.3 is 10.5 Å². The summed E-state index contributed by atoms with van der Waals surface area (Å²) in [6.07, 6.45) is 0.612. The van der Waals surface area contributed by atoms with Crippen LogP contribution in [-0.4, -0.2) is 4.98 Å². The van der Waals surface area contributed by atoms with E-state index in [2.05, 4.69) is 4.98 Å². The minimum Gasteiger partial charge on any atom is -0.449 e. The van der Waals surface area contributed by atoms with Crippen molar-refractivity contribution in [2.75, 3.05) is 0 Å². The first-order valence-electron chi connectivity index (χ1n) is 6.37. The number of halogens is 2. The van der Waals surface area contributed by atoms with Gasteiger partial charge in [-0.2, -0.15) is 0 Å². The van der Waals surface area contributed by atoms with E-state index in [9.17, 15) is 8.78 Å². The number of nitrogens with zero attached hydrogens (tertiary/aromatic N) is 1. The molecule has 0 aliphatic heterocycles. The summed E-state index contributed by atoms with van der Waals surface area (Å²) < 4.78 is 33.1. The van der Waals surface area contributed by atoms with E-state index in [1.165, 1.54) is 12.1 Å². The Kier molecular flexibility index (Phi) is 4.29. The topological polar surface area (TPSA) is 48.1 Å². The van der Waals surface area contributed by atoms with Gasteiger partial charge in [-0.3, -0.25) is 4.98 Å². The van der Waals surface area contributed by atoms with Crippen molar-refractivity contribution >= 4 is 0 Å². The summed E-state index contributed by atoms with van der Waals surface area (Å²) in [5, 5.41) is 0. The van der Waals surface area contributed by atoms with Crippen molar-refractivity contribution in [2.24, 2.45) is 5.73 Å². The fourth-order valence-electron chi connectivity index (χ4n) is 1.88. The lowest BCUT2D eigenvalue weighted by atomic mass is 10.2. The molecule has 2 rings (SSSR count). The van der Waals surface area contributed by atoms with E-state index in [4.69, 9.17) is 10.5 Å². The average molecular weight is 278 g/mol.